The van der Waals surface area contributed by atoms with Gasteiger partial charge in [0.25, 0.3) is 0 Å². The lowest BCUT2D eigenvalue weighted by Gasteiger charge is -2.16. The summed E-state index contributed by atoms with van der Waals surface area (Å²) in [5, 5.41) is 0. The second kappa shape index (κ2) is 18.2. The molecule has 0 heterocycles. The van der Waals surface area contributed by atoms with Gasteiger partial charge in [0.1, 0.15) is 6.29 Å². The van der Waals surface area contributed by atoms with E-state index >= 15 is 0 Å². The molecule has 2 unspecified atom stereocenters. The number of methoxy groups -OCH3 is 1. The number of hydrogen-bond donors (Lipinski definition) is 0. The number of hydrogen-bond acceptors (Lipinski definition) is 2. The highest BCUT2D eigenvalue weighted by Crippen LogP contribution is 2.14. The summed E-state index contributed by atoms with van der Waals surface area (Å²) < 4.78 is 11.0. The van der Waals surface area contributed by atoms with Gasteiger partial charge in [0.2, 0.25) is 0 Å². The Bertz CT molecular complexity index is 246. The lowest BCUT2D eigenvalue weighted by atomic mass is 10.0. The van der Waals surface area contributed by atoms with E-state index in [9.17, 15) is 0 Å². The molecule has 0 spiro atoms. The van der Waals surface area contributed by atoms with E-state index in [4.69, 9.17) is 9.16 Å². The fourth-order valence-corrected chi connectivity index (χ4v) is 4.70. The smallest absolute Gasteiger partial charge is 0.177 e. The van der Waals surface area contributed by atoms with Gasteiger partial charge >= 0.3 is 0 Å². The van der Waals surface area contributed by atoms with Crippen molar-refractivity contribution in [2.24, 2.45) is 0 Å². The van der Waals surface area contributed by atoms with E-state index < -0.39 is 9.04 Å². The fraction of sp³-hybridized carbons (Fsp3) is 0.900. The molecule has 3 heteroatoms. The zero-order valence-corrected chi connectivity index (χ0v) is 17.3. The zero-order valence-electron chi connectivity index (χ0n) is 16.2. The first-order chi connectivity index (χ1) is 11.2. The summed E-state index contributed by atoms with van der Waals surface area (Å²) in [6, 6.07) is 1.29. The summed E-state index contributed by atoms with van der Waals surface area (Å²) in [6.45, 7) is 8.04. The van der Waals surface area contributed by atoms with Crippen LogP contribution in [-0.2, 0) is 9.16 Å². The Morgan fingerprint density at radius 2 is 1.26 bits per heavy atom. The van der Waals surface area contributed by atoms with Crippen LogP contribution in [0.4, 0.5) is 0 Å². The summed E-state index contributed by atoms with van der Waals surface area (Å²) in [5.74, 6) is 0. The molecule has 0 amide bonds. The van der Waals surface area contributed by atoms with Crippen LogP contribution in [0.3, 0.4) is 0 Å². The number of ether oxygens (including phenoxy) is 1. The standard InChI is InChI=1S/C20H42O2Si/c1-5-6-7-8-9-10-11-12-13-14-15-16-17-18-19-23(4)22-20(2)21-3/h5,20,23H,1,6-19H2,2-4H3. The van der Waals surface area contributed by atoms with Gasteiger partial charge in [-0.05, 0) is 32.4 Å². The topological polar surface area (TPSA) is 18.5 Å². The maximum Gasteiger partial charge on any atom is 0.177 e. The van der Waals surface area contributed by atoms with Crippen molar-refractivity contribution in [1.29, 1.82) is 0 Å². The molecule has 0 aromatic heterocycles. The molecule has 0 aliphatic heterocycles. The zero-order chi connectivity index (χ0) is 17.2. The van der Waals surface area contributed by atoms with Crippen LogP contribution in [0.15, 0.2) is 12.7 Å². The minimum Gasteiger partial charge on any atom is -0.396 e. The monoisotopic (exact) mass is 342 g/mol. The van der Waals surface area contributed by atoms with Crippen molar-refractivity contribution in [3.05, 3.63) is 12.7 Å². The fourth-order valence-electron chi connectivity index (χ4n) is 2.94. The van der Waals surface area contributed by atoms with Crippen LogP contribution in [0.2, 0.25) is 12.6 Å². The number of rotatable bonds is 18. The largest absolute Gasteiger partial charge is 0.396 e. The molecule has 0 radical (unpaired) electrons. The summed E-state index contributed by atoms with van der Waals surface area (Å²) in [7, 11) is 0.720. The van der Waals surface area contributed by atoms with Crippen molar-refractivity contribution < 1.29 is 9.16 Å². The van der Waals surface area contributed by atoms with Crippen molar-refractivity contribution in [1.82, 2.24) is 0 Å². The maximum absolute atomic E-state index is 5.82. The first-order valence-electron chi connectivity index (χ1n) is 9.99. The van der Waals surface area contributed by atoms with Crippen molar-refractivity contribution >= 4 is 9.04 Å². The van der Waals surface area contributed by atoms with Gasteiger partial charge in [0.05, 0.1) is 0 Å². The van der Waals surface area contributed by atoms with Crippen LogP contribution in [0.25, 0.3) is 0 Å². The van der Waals surface area contributed by atoms with Gasteiger partial charge in [-0.25, -0.2) is 0 Å². The van der Waals surface area contributed by atoms with Gasteiger partial charge in [-0.15, -0.1) is 6.58 Å². The Balaban J connectivity index is 3.11. The first kappa shape index (κ1) is 22.9. The normalized spacial score (nSPS) is 13.9. The highest BCUT2D eigenvalue weighted by molar-refractivity contribution is 6.50. The molecule has 0 saturated heterocycles. The molecular formula is C20H42O2Si. The van der Waals surface area contributed by atoms with Gasteiger partial charge in [-0.3, -0.25) is 0 Å². The molecule has 0 N–H and O–H groups in total. The van der Waals surface area contributed by atoms with Gasteiger partial charge in [-0.1, -0.05) is 76.7 Å². The summed E-state index contributed by atoms with van der Waals surface area (Å²) in [5.41, 5.74) is 0. The summed E-state index contributed by atoms with van der Waals surface area (Å²) in [4.78, 5) is 0. The molecule has 0 aliphatic carbocycles. The van der Waals surface area contributed by atoms with E-state index in [0.29, 0.717) is 0 Å². The second-order valence-corrected chi connectivity index (χ2v) is 9.33. The maximum atomic E-state index is 5.82. The third-order valence-corrected chi connectivity index (χ3v) is 6.59. The highest BCUT2D eigenvalue weighted by Gasteiger charge is 2.08. The van der Waals surface area contributed by atoms with E-state index in [1.165, 1.54) is 89.5 Å². The Kier molecular flexibility index (Phi) is 18.1. The van der Waals surface area contributed by atoms with Crippen molar-refractivity contribution in [2.75, 3.05) is 7.11 Å². The molecule has 0 aromatic rings. The average molecular weight is 343 g/mol. The minimum atomic E-state index is -0.997. The Labute approximate surface area is 147 Å². The lowest BCUT2D eigenvalue weighted by molar-refractivity contribution is -0.0408. The van der Waals surface area contributed by atoms with E-state index in [1.807, 2.05) is 13.0 Å². The van der Waals surface area contributed by atoms with Crippen molar-refractivity contribution in [3.63, 3.8) is 0 Å². The quantitative estimate of drug-likeness (QED) is 0.121. The first-order valence-corrected chi connectivity index (χ1v) is 12.4. The Morgan fingerprint density at radius 3 is 1.70 bits per heavy atom. The molecule has 138 valence electrons. The molecule has 0 bridgehead atoms. The summed E-state index contributed by atoms with van der Waals surface area (Å²) >= 11 is 0. The molecule has 0 saturated carbocycles. The predicted molar refractivity (Wildman–Crippen MR) is 106 cm³/mol. The van der Waals surface area contributed by atoms with Gasteiger partial charge < -0.3 is 9.16 Å². The minimum absolute atomic E-state index is 0.0151. The van der Waals surface area contributed by atoms with Crippen LogP contribution in [0, 0.1) is 0 Å². The van der Waals surface area contributed by atoms with Crippen LogP contribution >= 0.6 is 0 Å². The third-order valence-electron chi connectivity index (χ3n) is 4.52. The SMILES string of the molecule is C=CCCCCCCCCCCCCCC[SiH](C)OC(C)OC. The molecule has 23 heavy (non-hydrogen) atoms. The third kappa shape index (κ3) is 18.1. The van der Waals surface area contributed by atoms with Gasteiger partial charge in [0, 0.05) is 7.11 Å². The molecule has 0 aliphatic rings. The molecule has 0 rings (SSSR count). The van der Waals surface area contributed by atoms with E-state index in [-0.39, 0.29) is 6.29 Å². The molecule has 0 fully saturated rings. The lowest BCUT2D eigenvalue weighted by Crippen LogP contribution is -2.21. The van der Waals surface area contributed by atoms with Gasteiger partial charge in [0.15, 0.2) is 9.04 Å². The second-order valence-electron chi connectivity index (χ2n) is 6.86. The van der Waals surface area contributed by atoms with E-state index in [1.54, 1.807) is 7.11 Å². The van der Waals surface area contributed by atoms with Gasteiger partial charge in [-0.2, -0.15) is 0 Å². The number of allylic oxidation sites excluding steroid dienone is 1. The van der Waals surface area contributed by atoms with E-state index in [2.05, 4.69) is 13.1 Å². The van der Waals surface area contributed by atoms with Crippen molar-refractivity contribution in [2.45, 2.75) is 109 Å². The summed E-state index contributed by atoms with van der Waals surface area (Å²) in [6.07, 6.45) is 20.1. The molecule has 2 nitrogen and oxygen atoms in total. The predicted octanol–water partition coefficient (Wildman–Crippen LogP) is 6.61. The molecular weight excluding hydrogens is 300 g/mol. The molecule has 2 atom stereocenters. The van der Waals surface area contributed by atoms with Crippen LogP contribution in [0.1, 0.15) is 90.4 Å². The Hall–Kier alpha value is -0.123. The van der Waals surface area contributed by atoms with Crippen LogP contribution < -0.4 is 0 Å². The van der Waals surface area contributed by atoms with Crippen LogP contribution in [0.5, 0.6) is 0 Å². The van der Waals surface area contributed by atoms with Crippen molar-refractivity contribution in [3.8, 4) is 0 Å². The van der Waals surface area contributed by atoms with Crippen LogP contribution in [-0.4, -0.2) is 22.4 Å². The van der Waals surface area contributed by atoms with E-state index in [0.717, 1.165) is 0 Å². The number of unbranched alkanes of at least 4 members (excludes halogenated alkanes) is 12. The highest BCUT2D eigenvalue weighted by atomic mass is 28.3. The Morgan fingerprint density at radius 1 is 0.826 bits per heavy atom. The average Bonchev–Trinajstić information content (AvgIpc) is 2.55. The molecule has 0 aromatic carbocycles.